The number of rotatable bonds is 6. The second-order valence-electron chi connectivity index (χ2n) is 3.76. The minimum absolute atomic E-state index is 0.845. The summed E-state index contributed by atoms with van der Waals surface area (Å²) >= 11 is 0. The zero-order chi connectivity index (χ0) is 9.40. The average Bonchev–Trinajstić information content (AvgIpc) is 2.02. The molecule has 0 aliphatic heterocycles. The van der Waals surface area contributed by atoms with Crippen molar-refractivity contribution in [2.45, 2.75) is 40.0 Å². The van der Waals surface area contributed by atoms with Gasteiger partial charge in [-0.3, -0.25) is 0 Å². The highest BCUT2D eigenvalue weighted by atomic mass is 14.8. The Hall–Kier alpha value is -0.300. The van der Waals surface area contributed by atoms with Crippen LogP contribution in [-0.2, 0) is 0 Å². The van der Waals surface area contributed by atoms with Crippen molar-refractivity contribution in [1.82, 2.24) is 5.32 Å². The molecule has 0 amide bonds. The van der Waals surface area contributed by atoms with Crippen LogP contribution in [0.5, 0.6) is 0 Å². The van der Waals surface area contributed by atoms with Gasteiger partial charge in [0.25, 0.3) is 0 Å². The molecule has 0 spiro atoms. The maximum Gasteiger partial charge on any atom is 0.0161 e. The number of allylic oxidation sites excluding steroid dienone is 1. The Morgan fingerprint density at radius 3 is 2.50 bits per heavy atom. The van der Waals surface area contributed by atoms with E-state index >= 15 is 0 Å². The molecule has 0 aromatic rings. The van der Waals surface area contributed by atoms with Gasteiger partial charge in [-0.05, 0) is 32.7 Å². The Bertz CT molecular complexity index is 125. The van der Waals surface area contributed by atoms with Crippen LogP contribution in [0.25, 0.3) is 0 Å². The maximum atomic E-state index is 3.19. The lowest BCUT2D eigenvalue weighted by Gasteiger charge is -2.07. The van der Waals surface area contributed by atoms with Crippen molar-refractivity contribution in [2.75, 3.05) is 13.6 Å². The fraction of sp³-hybridized carbons (Fsp3) is 0.818. The molecule has 1 N–H and O–H groups in total. The zero-order valence-electron chi connectivity index (χ0n) is 8.98. The number of nitrogens with one attached hydrogen (secondary N) is 1. The molecule has 0 unspecified atom stereocenters. The molecule has 0 atom stereocenters. The first-order chi connectivity index (χ1) is 5.70. The molecule has 0 aromatic heterocycles. The average molecular weight is 169 g/mol. The summed E-state index contributed by atoms with van der Waals surface area (Å²) in [6.45, 7) is 7.75. The normalized spacial score (nSPS) is 12.6. The summed E-state index contributed by atoms with van der Waals surface area (Å²) in [6.07, 6.45) is 6.17. The fourth-order valence-electron chi connectivity index (χ4n) is 1.30. The lowest BCUT2D eigenvalue weighted by molar-refractivity contribution is 0.551. The third-order valence-corrected chi connectivity index (χ3v) is 2.09. The summed E-state index contributed by atoms with van der Waals surface area (Å²) in [5.74, 6) is 0.845. The number of hydrogen-bond donors (Lipinski definition) is 1. The van der Waals surface area contributed by atoms with Gasteiger partial charge in [0.05, 0.1) is 0 Å². The second-order valence-corrected chi connectivity index (χ2v) is 3.76. The van der Waals surface area contributed by atoms with E-state index in [-0.39, 0.29) is 0 Å². The summed E-state index contributed by atoms with van der Waals surface area (Å²) in [6, 6.07) is 0. The van der Waals surface area contributed by atoms with Crippen LogP contribution in [0.1, 0.15) is 40.0 Å². The maximum absolute atomic E-state index is 3.19. The Morgan fingerprint density at radius 2 is 2.08 bits per heavy atom. The highest BCUT2D eigenvalue weighted by Gasteiger charge is 1.97. The van der Waals surface area contributed by atoms with Gasteiger partial charge in [-0.15, -0.1) is 0 Å². The Balaban J connectivity index is 3.46. The van der Waals surface area contributed by atoms with Crippen molar-refractivity contribution < 1.29 is 0 Å². The van der Waals surface area contributed by atoms with Crippen molar-refractivity contribution in [3.8, 4) is 0 Å². The van der Waals surface area contributed by atoms with Crippen molar-refractivity contribution in [3.63, 3.8) is 0 Å². The van der Waals surface area contributed by atoms with Crippen molar-refractivity contribution in [1.29, 1.82) is 0 Å². The van der Waals surface area contributed by atoms with E-state index < -0.39 is 0 Å². The molecule has 0 rings (SSSR count). The smallest absolute Gasteiger partial charge is 0.0161 e. The molecule has 0 radical (unpaired) electrons. The van der Waals surface area contributed by atoms with E-state index in [1.54, 1.807) is 0 Å². The first-order valence-corrected chi connectivity index (χ1v) is 4.99. The predicted octanol–water partition coefficient (Wildman–Crippen LogP) is 2.98. The van der Waals surface area contributed by atoms with Gasteiger partial charge >= 0.3 is 0 Å². The number of hydrogen-bond acceptors (Lipinski definition) is 1. The lowest BCUT2D eigenvalue weighted by atomic mass is 10.0. The van der Waals surface area contributed by atoms with Gasteiger partial charge in [0.2, 0.25) is 0 Å². The van der Waals surface area contributed by atoms with Crippen LogP contribution >= 0.6 is 0 Å². The highest BCUT2D eigenvalue weighted by Crippen LogP contribution is 2.11. The van der Waals surface area contributed by atoms with E-state index in [9.17, 15) is 0 Å². The van der Waals surface area contributed by atoms with Gasteiger partial charge in [0.15, 0.2) is 0 Å². The van der Waals surface area contributed by atoms with Crippen LogP contribution in [0.4, 0.5) is 0 Å². The summed E-state index contributed by atoms with van der Waals surface area (Å²) in [5, 5.41) is 3.19. The van der Waals surface area contributed by atoms with E-state index in [0.717, 1.165) is 12.5 Å². The summed E-state index contributed by atoms with van der Waals surface area (Å²) < 4.78 is 0. The van der Waals surface area contributed by atoms with Crippen LogP contribution < -0.4 is 5.32 Å². The predicted molar refractivity (Wildman–Crippen MR) is 56.4 cm³/mol. The molecular formula is C11H23N. The molecule has 1 heteroatoms. The molecule has 0 aliphatic carbocycles. The Morgan fingerprint density at radius 1 is 1.42 bits per heavy atom. The third-order valence-electron chi connectivity index (χ3n) is 2.09. The molecular weight excluding hydrogens is 146 g/mol. The summed E-state index contributed by atoms with van der Waals surface area (Å²) in [5.41, 5.74) is 1.54. The largest absolute Gasteiger partial charge is 0.316 e. The van der Waals surface area contributed by atoms with E-state index in [4.69, 9.17) is 0 Å². The van der Waals surface area contributed by atoms with Gasteiger partial charge in [-0.2, -0.15) is 0 Å². The van der Waals surface area contributed by atoms with E-state index in [0.29, 0.717) is 0 Å². The molecule has 12 heavy (non-hydrogen) atoms. The fourth-order valence-corrected chi connectivity index (χ4v) is 1.30. The van der Waals surface area contributed by atoms with Gasteiger partial charge < -0.3 is 5.32 Å². The topological polar surface area (TPSA) is 12.0 Å². The van der Waals surface area contributed by atoms with Gasteiger partial charge in [-0.25, -0.2) is 0 Å². The van der Waals surface area contributed by atoms with E-state index in [1.807, 2.05) is 7.05 Å². The molecule has 0 saturated carbocycles. The minimum atomic E-state index is 0.845. The third kappa shape index (κ3) is 6.41. The van der Waals surface area contributed by atoms with E-state index in [1.165, 1.54) is 24.8 Å². The minimum Gasteiger partial charge on any atom is -0.316 e. The summed E-state index contributed by atoms with van der Waals surface area (Å²) in [4.78, 5) is 0. The summed E-state index contributed by atoms with van der Waals surface area (Å²) in [7, 11) is 2.01. The molecule has 0 heterocycles. The monoisotopic (exact) mass is 169 g/mol. The first kappa shape index (κ1) is 11.7. The van der Waals surface area contributed by atoms with Crippen LogP contribution in [0.2, 0.25) is 0 Å². The Labute approximate surface area is 77.2 Å². The highest BCUT2D eigenvalue weighted by molar-refractivity contribution is 5.01. The second kappa shape index (κ2) is 7.35. The first-order valence-electron chi connectivity index (χ1n) is 4.99. The van der Waals surface area contributed by atoms with Gasteiger partial charge in [0.1, 0.15) is 0 Å². The molecule has 0 aliphatic rings. The Kier molecular flexibility index (Phi) is 7.17. The van der Waals surface area contributed by atoms with Crippen LogP contribution in [0, 0.1) is 5.92 Å². The van der Waals surface area contributed by atoms with E-state index in [2.05, 4.69) is 32.2 Å². The van der Waals surface area contributed by atoms with Crippen molar-refractivity contribution in [2.24, 2.45) is 5.92 Å². The van der Waals surface area contributed by atoms with Gasteiger partial charge in [0, 0.05) is 6.54 Å². The molecule has 0 fully saturated rings. The number of likely N-dealkylation sites (N-methyl/N-ethyl adjacent to an activating group) is 1. The SMILES string of the molecule is C/C=C(\CCCC(C)C)CNC. The lowest BCUT2D eigenvalue weighted by Crippen LogP contribution is -2.10. The molecule has 0 saturated heterocycles. The van der Waals surface area contributed by atoms with Crippen LogP contribution in [0.3, 0.4) is 0 Å². The molecule has 0 aromatic carbocycles. The van der Waals surface area contributed by atoms with Crippen molar-refractivity contribution >= 4 is 0 Å². The molecule has 72 valence electrons. The van der Waals surface area contributed by atoms with Gasteiger partial charge in [-0.1, -0.05) is 31.9 Å². The van der Waals surface area contributed by atoms with Crippen LogP contribution in [-0.4, -0.2) is 13.6 Å². The quantitative estimate of drug-likeness (QED) is 0.603. The standard InChI is InChI=1S/C11H23N/c1-5-11(9-12-4)8-6-7-10(2)3/h5,10,12H,6-9H2,1-4H3/b11-5+. The van der Waals surface area contributed by atoms with Crippen molar-refractivity contribution in [3.05, 3.63) is 11.6 Å². The molecule has 0 bridgehead atoms. The molecule has 1 nitrogen and oxygen atoms in total. The zero-order valence-corrected chi connectivity index (χ0v) is 8.98. The van der Waals surface area contributed by atoms with Crippen LogP contribution in [0.15, 0.2) is 11.6 Å².